The van der Waals surface area contributed by atoms with Gasteiger partial charge in [-0.05, 0) is 42.5 Å². The molecule has 396 valence electrons. The van der Waals surface area contributed by atoms with E-state index >= 15 is 0 Å². The molecule has 0 aromatic heterocycles. The number of anilines is 1. The highest BCUT2D eigenvalue weighted by Crippen LogP contribution is 2.43. The van der Waals surface area contributed by atoms with E-state index in [2.05, 4.69) is 17.4 Å². The molecule has 2 aromatic rings. The highest BCUT2D eigenvalue weighted by molar-refractivity contribution is 7.47. The number of phosphoric ester groups is 1. The summed E-state index contributed by atoms with van der Waals surface area (Å²) in [5, 5.41) is 22.3. The highest BCUT2D eigenvalue weighted by atomic mass is 31.2. The van der Waals surface area contributed by atoms with Crippen molar-refractivity contribution < 1.29 is 57.1 Å². The molecule has 1 atom stereocenters. The van der Waals surface area contributed by atoms with Crippen molar-refractivity contribution in [1.29, 1.82) is 0 Å². The van der Waals surface area contributed by atoms with Gasteiger partial charge in [0.05, 0.1) is 53.9 Å². The standard InChI is InChI=1S/C52H87N6O11P/c1-58(2,3)38-40-69-70(65,66)68-39-22-17-15-13-11-9-7-5-4-6-8-10-12-14-16-19-23-46-26-28-48(29-27-46)53-49(59)41-54-30-32-55(42-50(60)61)34-36-57(37-35-56(33-31-54)43-51(62)63)44-52(64)67-45-47-24-20-18-21-25-47/h18,20-21,24-29H,4-17,19,22-23,30-45H2,1-3H3,(H3-,53,59,60,61,62,63,65,66)/p+1. The first kappa shape index (κ1) is 60.5. The number of esters is 1. The summed E-state index contributed by atoms with van der Waals surface area (Å²) >= 11 is 0. The molecule has 0 bridgehead atoms. The van der Waals surface area contributed by atoms with Crippen molar-refractivity contribution >= 4 is 37.3 Å². The van der Waals surface area contributed by atoms with Crippen LogP contribution in [0.3, 0.4) is 0 Å². The van der Waals surface area contributed by atoms with Gasteiger partial charge in [0.2, 0.25) is 5.91 Å². The fraction of sp³-hybridized carbons (Fsp3) is 0.692. The average Bonchev–Trinajstić information content (AvgIpc) is 3.30. The van der Waals surface area contributed by atoms with Gasteiger partial charge in [-0.25, -0.2) is 4.57 Å². The van der Waals surface area contributed by atoms with Crippen LogP contribution in [0.2, 0.25) is 0 Å². The first-order chi connectivity index (χ1) is 33.5. The number of rotatable bonds is 35. The Hall–Kier alpha value is -3.77. The zero-order valence-electron chi connectivity index (χ0n) is 42.8. The third kappa shape index (κ3) is 31.5. The summed E-state index contributed by atoms with van der Waals surface area (Å²) in [6, 6.07) is 17.4. The van der Waals surface area contributed by atoms with Crippen molar-refractivity contribution in [3.63, 3.8) is 0 Å². The summed E-state index contributed by atoms with van der Waals surface area (Å²) < 4.78 is 28.3. The van der Waals surface area contributed by atoms with E-state index in [0.717, 1.165) is 37.7 Å². The molecule has 18 heteroatoms. The van der Waals surface area contributed by atoms with Gasteiger partial charge in [0.1, 0.15) is 19.8 Å². The molecule has 1 fully saturated rings. The second-order valence-electron chi connectivity index (χ2n) is 19.8. The third-order valence-electron chi connectivity index (χ3n) is 12.5. The minimum atomic E-state index is -3.95. The van der Waals surface area contributed by atoms with E-state index in [-0.39, 0.29) is 51.9 Å². The zero-order valence-corrected chi connectivity index (χ0v) is 43.7. The number of carboxylic acids is 2. The predicted molar refractivity (Wildman–Crippen MR) is 275 cm³/mol. The van der Waals surface area contributed by atoms with Crippen LogP contribution in [0, 0.1) is 0 Å². The van der Waals surface area contributed by atoms with E-state index in [4.69, 9.17) is 13.8 Å². The monoisotopic (exact) mass is 1000 g/mol. The molecule has 70 heavy (non-hydrogen) atoms. The Labute approximate surface area is 419 Å². The zero-order chi connectivity index (χ0) is 50.9. The Morgan fingerprint density at radius 1 is 0.543 bits per heavy atom. The van der Waals surface area contributed by atoms with Crippen LogP contribution in [0.1, 0.15) is 114 Å². The molecule has 1 aliphatic rings. The largest absolute Gasteiger partial charge is 0.480 e. The Morgan fingerprint density at radius 3 is 1.41 bits per heavy atom. The molecule has 4 N–H and O–H groups in total. The number of quaternary nitrogens is 1. The Balaban J connectivity index is 1.26. The van der Waals surface area contributed by atoms with E-state index < -0.39 is 25.7 Å². The number of phosphoric acid groups is 1. The number of carbonyl (C=O) groups excluding carboxylic acids is 2. The lowest BCUT2D eigenvalue weighted by atomic mass is 10.0. The summed E-state index contributed by atoms with van der Waals surface area (Å²) in [6.07, 6.45) is 20.3. The first-order valence-corrected chi connectivity index (χ1v) is 27.4. The topological polar surface area (TPSA) is 199 Å². The van der Waals surface area contributed by atoms with Gasteiger partial charge in [0.15, 0.2) is 0 Å². The van der Waals surface area contributed by atoms with Crippen LogP contribution in [0.4, 0.5) is 5.69 Å². The van der Waals surface area contributed by atoms with E-state index in [1.165, 1.54) is 82.6 Å². The van der Waals surface area contributed by atoms with E-state index in [1.807, 2.05) is 73.4 Å². The van der Waals surface area contributed by atoms with Gasteiger partial charge in [-0.2, -0.15) is 0 Å². The summed E-state index contributed by atoms with van der Waals surface area (Å²) in [6.45, 7) is 3.95. The second kappa shape index (κ2) is 35.4. The number of benzene rings is 2. The van der Waals surface area contributed by atoms with Crippen LogP contribution >= 0.6 is 7.82 Å². The van der Waals surface area contributed by atoms with Crippen LogP contribution in [-0.2, 0) is 50.6 Å². The van der Waals surface area contributed by atoms with Crippen molar-refractivity contribution in [2.75, 3.05) is 125 Å². The maximum absolute atomic E-state index is 13.3. The summed E-state index contributed by atoms with van der Waals surface area (Å²) in [5.41, 5.74) is 2.81. The molecule has 0 radical (unpaired) electrons. The molecule has 1 aliphatic heterocycles. The molecule has 0 saturated carbocycles. The number of ether oxygens (including phenoxy) is 1. The van der Waals surface area contributed by atoms with E-state index in [0.29, 0.717) is 69.1 Å². The van der Waals surface area contributed by atoms with Crippen molar-refractivity contribution in [2.45, 2.75) is 116 Å². The quantitative estimate of drug-likeness (QED) is 0.0231. The van der Waals surface area contributed by atoms with Crippen LogP contribution in [0.15, 0.2) is 54.6 Å². The SMILES string of the molecule is C[N+](C)(C)CCOP(=O)(O)OCCCCCCCCCCCCCCCCCCc1ccc(NC(=O)CN2CCN(CC(=O)O)CCN(CC(=O)OCc3ccccc3)CCN(CC(=O)O)CC2)cc1. The van der Waals surface area contributed by atoms with Gasteiger partial charge < -0.3 is 29.6 Å². The van der Waals surface area contributed by atoms with Gasteiger partial charge in [0.25, 0.3) is 0 Å². The van der Waals surface area contributed by atoms with Crippen molar-refractivity contribution in [1.82, 2.24) is 19.6 Å². The lowest BCUT2D eigenvalue weighted by Gasteiger charge is -2.33. The molecule has 3 rings (SSSR count). The lowest BCUT2D eigenvalue weighted by molar-refractivity contribution is -0.870. The Kier molecular flexibility index (Phi) is 30.6. The highest BCUT2D eigenvalue weighted by Gasteiger charge is 2.23. The number of aryl methyl sites for hydroxylation is 1. The van der Waals surface area contributed by atoms with Gasteiger partial charge >= 0.3 is 25.7 Å². The molecule has 0 aliphatic carbocycles. The summed E-state index contributed by atoms with van der Waals surface area (Å²) in [7, 11) is 2.06. The fourth-order valence-corrected chi connectivity index (χ4v) is 9.02. The number of nitrogens with one attached hydrogen (secondary N) is 1. The number of aliphatic carboxylic acids is 2. The van der Waals surface area contributed by atoms with Crippen LogP contribution in [-0.4, -0.2) is 182 Å². The molecule has 2 aromatic carbocycles. The maximum atomic E-state index is 13.3. The number of unbranched alkanes of at least 4 members (excludes halogenated alkanes) is 15. The third-order valence-corrected chi connectivity index (χ3v) is 13.5. The van der Waals surface area contributed by atoms with Crippen LogP contribution in [0.25, 0.3) is 0 Å². The number of carboxylic acid groups (broad SMARTS) is 2. The number of hydrogen-bond acceptors (Lipinski definition) is 12. The number of amides is 1. The smallest absolute Gasteiger partial charge is 0.472 e. The molecule has 0 spiro atoms. The minimum absolute atomic E-state index is 0.00944. The van der Waals surface area contributed by atoms with Crippen LogP contribution < -0.4 is 5.32 Å². The predicted octanol–water partition coefficient (Wildman–Crippen LogP) is 7.38. The molecule has 1 saturated heterocycles. The van der Waals surface area contributed by atoms with Gasteiger partial charge in [0, 0.05) is 58.0 Å². The molecular formula is C52H88N6O11P+. The Morgan fingerprint density at radius 2 is 0.957 bits per heavy atom. The molecule has 1 heterocycles. The lowest BCUT2D eigenvalue weighted by Crippen LogP contribution is -2.49. The van der Waals surface area contributed by atoms with Gasteiger partial charge in [-0.15, -0.1) is 0 Å². The fourth-order valence-electron chi connectivity index (χ4n) is 8.27. The number of likely N-dealkylation sites (N-methyl/N-ethyl adjacent to an activating group) is 1. The molecule has 1 unspecified atom stereocenters. The normalized spacial score (nSPS) is 15.9. The molecule has 1 amide bonds. The van der Waals surface area contributed by atoms with Crippen molar-refractivity contribution in [3.05, 3.63) is 65.7 Å². The number of hydrogen-bond donors (Lipinski definition) is 4. The summed E-state index contributed by atoms with van der Waals surface area (Å²) in [4.78, 5) is 67.0. The van der Waals surface area contributed by atoms with E-state index in [9.17, 15) is 38.8 Å². The minimum Gasteiger partial charge on any atom is -0.480 e. The second-order valence-corrected chi connectivity index (χ2v) is 21.3. The van der Waals surface area contributed by atoms with E-state index in [1.54, 1.807) is 9.80 Å². The Bertz CT molecular complexity index is 1770. The van der Waals surface area contributed by atoms with Gasteiger partial charge in [-0.1, -0.05) is 132 Å². The van der Waals surface area contributed by atoms with Crippen molar-refractivity contribution in [3.8, 4) is 0 Å². The first-order valence-electron chi connectivity index (χ1n) is 25.9. The van der Waals surface area contributed by atoms with Gasteiger partial charge in [-0.3, -0.25) is 47.8 Å². The number of carbonyl (C=O) groups is 4. The summed E-state index contributed by atoms with van der Waals surface area (Å²) in [5.74, 6) is -2.55. The number of nitrogens with zero attached hydrogens (tertiary/aromatic N) is 5. The average molecular weight is 1000 g/mol. The molecule has 17 nitrogen and oxygen atoms in total. The molecular weight excluding hydrogens is 916 g/mol. The maximum Gasteiger partial charge on any atom is 0.472 e. The van der Waals surface area contributed by atoms with Crippen LogP contribution in [0.5, 0.6) is 0 Å². The van der Waals surface area contributed by atoms with Crippen molar-refractivity contribution in [2.24, 2.45) is 0 Å².